The van der Waals surface area contributed by atoms with Crippen molar-refractivity contribution in [3.8, 4) is 5.75 Å². The van der Waals surface area contributed by atoms with E-state index in [0.29, 0.717) is 11.6 Å². The molecule has 3 nitrogen and oxygen atoms in total. The number of nitrogens with one attached hydrogen (secondary N) is 1. The van der Waals surface area contributed by atoms with Crippen LogP contribution in [0.1, 0.15) is 24.5 Å². The molecule has 0 amide bonds. The molecule has 0 radical (unpaired) electrons. The van der Waals surface area contributed by atoms with Crippen molar-refractivity contribution in [2.45, 2.75) is 26.5 Å². The molecular formula is C19H23ClFNO2. The van der Waals surface area contributed by atoms with Crippen molar-refractivity contribution in [3.05, 3.63) is 64.4 Å². The van der Waals surface area contributed by atoms with Crippen LogP contribution in [0.5, 0.6) is 5.75 Å². The van der Waals surface area contributed by atoms with E-state index in [1.165, 1.54) is 12.1 Å². The number of hydrogen-bond donors (Lipinski definition) is 1. The van der Waals surface area contributed by atoms with E-state index in [0.717, 1.165) is 49.6 Å². The SMILES string of the molecule is CCOCCCNCc1ccccc1OCc1ccc(F)cc1Cl. The Kier molecular flexibility index (Phi) is 8.02. The molecule has 0 aliphatic rings. The van der Waals surface area contributed by atoms with Crippen molar-refractivity contribution >= 4 is 11.6 Å². The summed E-state index contributed by atoms with van der Waals surface area (Å²) in [6.45, 7) is 5.43. The second-order valence-corrected chi connectivity index (χ2v) is 5.77. The van der Waals surface area contributed by atoms with Gasteiger partial charge < -0.3 is 14.8 Å². The van der Waals surface area contributed by atoms with Gasteiger partial charge in [0, 0.05) is 30.9 Å². The largest absolute Gasteiger partial charge is 0.489 e. The van der Waals surface area contributed by atoms with Crippen molar-refractivity contribution in [2.75, 3.05) is 19.8 Å². The maximum atomic E-state index is 13.1. The van der Waals surface area contributed by atoms with Crippen LogP contribution in [0.15, 0.2) is 42.5 Å². The third kappa shape index (κ3) is 6.11. The lowest BCUT2D eigenvalue weighted by Crippen LogP contribution is -2.17. The Labute approximate surface area is 147 Å². The van der Waals surface area contributed by atoms with Gasteiger partial charge in [-0.05, 0) is 38.1 Å². The maximum absolute atomic E-state index is 13.1. The summed E-state index contributed by atoms with van der Waals surface area (Å²) >= 11 is 6.04. The van der Waals surface area contributed by atoms with Gasteiger partial charge in [0.25, 0.3) is 0 Å². The molecule has 0 spiro atoms. The topological polar surface area (TPSA) is 30.5 Å². The fraction of sp³-hybridized carbons (Fsp3) is 0.368. The highest BCUT2D eigenvalue weighted by atomic mass is 35.5. The Hall–Kier alpha value is -1.62. The number of halogens is 2. The highest BCUT2D eigenvalue weighted by molar-refractivity contribution is 6.31. The zero-order chi connectivity index (χ0) is 17.2. The summed E-state index contributed by atoms with van der Waals surface area (Å²) in [7, 11) is 0. The Balaban J connectivity index is 1.86. The molecule has 0 aliphatic carbocycles. The number of hydrogen-bond acceptors (Lipinski definition) is 3. The summed E-state index contributed by atoms with van der Waals surface area (Å²) in [5, 5.41) is 3.76. The summed E-state index contributed by atoms with van der Waals surface area (Å²) < 4.78 is 24.3. The Bertz CT molecular complexity index is 637. The van der Waals surface area contributed by atoms with Crippen LogP contribution in [0.4, 0.5) is 4.39 Å². The molecule has 5 heteroatoms. The second kappa shape index (κ2) is 10.3. The van der Waals surface area contributed by atoms with Gasteiger partial charge in [0.05, 0.1) is 5.02 Å². The van der Waals surface area contributed by atoms with E-state index in [1.54, 1.807) is 6.07 Å². The lowest BCUT2D eigenvalue weighted by molar-refractivity contribution is 0.144. The fourth-order valence-electron chi connectivity index (χ4n) is 2.25. The molecule has 0 heterocycles. The molecule has 2 aromatic carbocycles. The van der Waals surface area contributed by atoms with Gasteiger partial charge >= 0.3 is 0 Å². The van der Waals surface area contributed by atoms with Crippen LogP contribution in [0, 0.1) is 5.82 Å². The molecule has 130 valence electrons. The third-order valence-corrected chi connectivity index (χ3v) is 3.88. The van der Waals surface area contributed by atoms with Gasteiger partial charge in [-0.1, -0.05) is 35.9 Å². The van der Waals surface area contributed by atoms with Crippen LogP contribution in [0.2, 0.25) is 5.02 Å². The number of para-hydroxylation sites is 1. The van der Waals surface area contributed by atoms with Gasteiger partial charge in [-0.2, -0.15) is 0 Å². The molecule has 0 saturated heterocycles. The first-order valence-electron chi connectivity index (χ1n) is 8.13. The monoisotopic (exact) mass is 351 g/mol. The smallest absolute Gasteiger partial charge is 0.124 e. The standard InChI is InChI=1S/C19H23ClFNO2/c1-2-23-11-5-10-22-13-15-6-3-4-7-19(15)24-14-16-8-9-17(21)12-18(16)20/h3-4,6-9,12,22H,2,5,10-11,13-14H2,1H3. The highest BCUT2D eigenvalue weighted by Crippen LogP contribution is 2.22. The Morgan fingerprint density at radius 3 is 2.75 bits per heavy atom. The van der Waals surface area contributed by atoms with Crippen molar-refractivity contribution < 1.29 is 13.9 Å². The zero-order valence-electron chi connectivity index (χ0n) is 13.9. The predicted octanol–water partition coefficient (Wildman–Crippen LogP) is 4.57. The molecule has 0 fully saturated rings. The first-order valence-corrected chi connectivity index (χ1v) is 8.51. The van der Waals surface area contributed by atoms with E-state index in [2.05, 4.69) is 5.32 Å². The molecule has 0 unspecified atom stereocenters. The minimum atomic E-state index is -0.347. The van der Waals surface area contributed by atoms with Gasteiger partial charge in [0.15, 0.2) is 0 Å². The third-order valence-electron chi connectivity index (χ3n) is 3.53. The molecule has 2 aromatic rings. The van der Waals surface area contributed by atoms with Crippen molar-refractivity contribution in [2.24, 2.45) is 0 Å². The number of rotatable bonds is 10. The number of benzene rings is 2. The zero-order valence-corrected chi connectivity index (χ0v) is 14.6. The lowest BCUT2D eigenvalue weighted by Gasteiger charge is -2.13. The van der Waals surface area contributed by atoms with E-state index in [9.17, 15) is 4.39 Å². The summed E-state index contributed by atoms with van der Waals surface area (Å²) in [4.78, 5) is 0. The van der Waals surface area contributed by atoms with Crippen LogP contribution in [-0.2, 0) is 17.9 Å². The maximum Gasteiger partial charge on any atom is 0.124 e. The van der Waals surface area contributed by atoms with Gasteiger partial charge in [-0.25, -0.2) is 4.39 Å². The predicted molar refractivity (Wildman–Crippen MR) is 95.0 cm³/mol. The van der Waals surface area contributed by atoms with Gasteiger partial charge in [-0.15, -0.1) is 0 Å². The first-order chi connectivity index (χ1) is 11.7. The summed E-state index contributed by atoms with van der Waals surface area (Å²) in [5.41, 5.74) is 1.84. The van der Waals surface area contributed by atoms with Crippen LogP contribution >= 0.6 is 11.6 Å². The van der Waals surface area contributed by atoms with E-state index in [-0.39, 0.29) is 5.82 Å². The van der Waals surface area contributed by atoms with Crippen molar-refractivity contribution in [1.82, 2.24) is 5.32 Å². The normalized spacial score (nSPS) is 10.8. The number of ether oxygens (including phenoxy) is 2. The van der Waals surface area contributed by atoms with E-state index in [4.69, 9.17) is 21.1 Å². The quantitative estimate of drug-likeness (QED) is 0.636. The molecule has 0 atom stereocenters. The van der Waals surface area contributed by atoms with Crippen LogP contribution in [-0.4, -0.2) is 19.8 Å². The van der Waals surface area contributed by atoms with E-state index < -0.39 is 0 Å². The van der Waals surface area contributed by atoms with Crippen molar-refractivity contribution in [1.29, 1.82) is 0 Å². The van der Waals surface area contributed by atoms with Crippen LogP contribution in [0.3, 0.4) is 0 Å². The first kappa shape index (κ1) is 18.7. The lowest BCUT2D eigenvalue weighted by atomic mass is 10.2. The fourth-order valence-corrected chi connectivity index (χ4v) is 2.47. The highest BCUT2D eigenvalue weighted by Gasteiger charge is 2.06. The molecule has 2 rings (SSSR count). The van der Waals surface area contributed by atoms with Crippen LogP contribution < -0.4 is 10.1 Å². The molecule has 0 saturated carbocycles. The Morgan fingerprint density at radius 2 is 1.96 bits per heavy atom. The van der Waals surface area contributed by atoms with Crippen molar-refractivity contribution in [3.63, 3.8) is 0 Å². The molecule has 0 aromatic heterocycles. The average molecular weight is 352 g/mol. The second-order valence-electron chi connectivity index (χ2n) is 5.36. The molecule has 0 bridgehead atoms. The molecular weight excluding hydrogens is 329 g/mol. The molecule has 0 aliphatic heterocycles. The van der Waals surface area contributed by atoms with Crippen LogP contribution in [0.25, 0.3) is 0 Å². The van der Waals surface area contributed by atoms with Gasteiger partial charge in [-0.3, -0.25) is 0 Å². The molecule has 1 N–H and O–H groups in total. The minimum Gasteiger partial charge on any atom is -0.489 e. The summed E-state index contributed by atoms with van der Waals surface area (Å²) in [6, 6.07) is 12.2. The Morgan fingerprint density at radius 1 is 1.12 bits per heavy atom. The van der Waals surface area contributed by atoms with E-state index >= 15 is 0 Å². The summed E-state index contributed by atoms with van der Waals surface area (Å²) in [6.07, 6.45) is 0.974. The molecule has 24 heavy (non-hydrogen) atoms. The summed E-state index contributed by atoms with van der Waals surface area (Å²) in [5.74, 6) is 0.454. The van der Waals surface area contributed by atoms with Gasteiger partial charge in [0.2, 0.25) is 0 Å². The van der Waals surface area contributed by atoms with Gasteiger partial charge in [0.1, 0.15) is 18.2 Å². The minimum absolute atomic E-state index is 0.306. The average Bonchev–Trinajstić information content (AvgIpc) is 2.58. The van der Waals surface area contributed by atoms with E-state index in [1.807, 2.05) is 31.2 Å².